The van der Waals surface area contributed by atoms with Crippen molar-refractivity contribution in [3.05, 3.63) is 42.4 Å². The first kappa shape index (κ1) is 17.2. The minimum absolute atomic E-state index is 0.216. The first-order chi connectivity index (χ1) is 12.0. The Balaban J connectivity index is 1.68. The molecule has 1 aliphatic rings. The standard InChI is InChI=1S/C19H25N5O/c1-14-8-10-24(11-9-14)18-12-17(20-13-21-18)19(25)22-15-4-6-16(7-5-15)23(2)3/h4-7,12-14H,8-11H2,1-3H3,(H,22,25). The van der Waals surface area contributed by atoms with Crippen molar-refractivity contribution in [2.24, 2.45) is 5.92 Å². The summed E-state index contributed by atoms with van der Waals surface area (Å²) in [6.07, 6.45) is 3.78. The SMILES string of the molecule is CC1CCN(c2cc(C(=O)Nc3ccc(N(C)C)cc3)ncn2)CC1. The van der Waals surface area contributed by atoms with Gasteiger partial charge < -0.3 is 15.1 Å². The van der Waals surface area contributed by atoms with E-state index in [0.717, 1.165) is 49.0 Å². The molecule has 1 fully saturated rings. The van der Waals surface area contributed by atoms with Crippen LogP contribution in [-0.4, -0.2) is 43.1 Å². The van der Waals surface area contributed by atoms with Crippen molar-refractivity contribution in [3.63, 3.8) is 0 Å². The first-order valence-corrected chi connectivity index (χ1v) is 8.68. The molecule has 1 aliphatic heterocycles. The van der Waals surface area contributed by atoms with E-state index >= 15 is 0 Å². The maximum absolute atomic E-state index is 12.5. The van der Waals surface area contributed by atoms with Crippen molar-refractivity contribution in [2.45, 2.75) is 19.8 Å². The van der Waals surface area contributed by atoms with Crippen LogP contribution in [0.25, 0.3) is 0 Å². The molecule has 1 aromatic carbocycles. The summed E-state index contributed by atoms with van der Waals surface area (Å²) in [4.78, 5) is 25.2. The molecule has 6 heteroatoms. The quantitative estimate of drug-likeness (QED) is 0.928. The molecule has 0 atom stereocenters. The minimum Gasteiger partial charge on any atom is -0.378 e. The normalized spacial score (nSPS) is 15.1. The van der Waals surface area contributed by atoms with Crippen LogP contribution in [0.4, 0.5) is 17.2 Å². The molecule has 2 heterocycles. The molecular formula is C19H25N5O. The van der Waals surface area contributed by atoms with Crippen LogP contribution in [0, 0.1) is 5.92 Å². The maximum atomic E-state index is 12.5. The summed E-state index contributed by atoms with van der Waals surface area (Å²) in [6.45, 7) is 4.23. The fourth-order valence-electron chi connectivity index (χ4n) is 2.92. The second-order valence-corrected chi connectivity index (χ2v) is 6.83. The van der Waals surface area contributed by atoms with Crippen LogP contribution in [0.3, 0.4) is 0 Å². The Morgan fingerprint density at radius 2 is 1.84 bits per heavy atom. The lowest BCUT2D eigenvalue weighted by Crippen LogP contribution is -2.33. The van der Waals surface area contributed by atoms with Crippen LogP contribution in [0.2, 0.25) is 0 Å². The van der Waals surface area contributed by atoms with Crippen LogP contribution < -0.4 is 15.1 Å². The number of hydrogen-bond donors (Lipinski definition) is 1. The predicted octanol–water partition coefficient (Wildman–Crippen LogP) is 3.03. The lowest BCUT2D eigenvalue weighted by Gasteiger charge is -2.31. The predicted molar refractivity (Wildman–Crippen MR) is 101 cm³/mol. The molecule has 0 unspecified atom stereocenters. The van der Waals surface area contributed by atoms with Gasteiger partial charge in [-0.2, -0.15) is 0 Å². The summed E-state index contributed by atoms with van der Waals surface area (Å²) in [5.41, 5.74) is 2.23. The number of rotatable bonds is 4. The first-order valence-electron chi connectivity index (χ1n) is 8.68. The van der Waals surface area contributed by atoms with E-state index in [0.29, 0.717) is 5.69 Å². The number of carbonyl (C=O) groups is 1. The molecule has 0 saturated carbocycles. The van der Waals surface area contributed by atoms with Crippen molar-refractivity contribution < 1.29 is 4.79 Å². The molecule has 1 N–H and O–H groups in total. The van der Waals surface area contributed by atoms with Gasteiger partial charge in [0.05, 0.1) is 0 Å². The molecular weight excluding hydrogens is 314 g/mol. The second-order valence-electron chi connectivity index (χ2n) is 6.83. The summed E-state index contributed by atoms with van der Waals surface area (Å²) < 4.78 is 0. The highest BCUT2D eigenvalue weighted by molar-refractivity contribution is 6.03. The molecule has 132 valence electrons. The van der Waals surface area contributed by atoms with E-state index in [1.165, 1.54) is 6.33 Å². The molecule has 25 heavy (non-hydrogen) atoms. The highest BCUT2D eigenvalue weighted by atomic mass is 16.1. The third-order valence-electron chi connectivity index (χ3n) is 4.63. The van der Waals surface area contributed by atoms with Gasteiger partial charge in [0.1, 0.15) is 17.8 Å². The average molecular weight is 339 g/mol. The molecule has 0 aliphatic carbocycles. The van der Waals surface area contributed by atoms with E-state index in [1.807, 2.05) is 43.3 Å². The lowest BCUT2D eigenvalue weighted by atomic mass is 9.99. The Morgan fingerprint density at radius 3 is 2.48 bits per heavy atom. The molecule has 3 rings (SSSR count). The second kappa shape index (κ2) is 7.51. The number of carbonyl (C=O) groups excluding carboxylic acids is 1. The van der Waals surface area contributed by atoms with Gasteiger partial charge in [-0.25, -0.2) is 9.97 Å². The van der Waals surface area contributed by atoms with Gasteiger partial charge in [-0.15, -0.1) is 0 Å². The highest BCUT2D eigenvalue weighted by Crippen LogP contribution is 2.22. The third kappa shape index (κ3) is 4.26. The number of benzene rings is 1. The van der Waals surface area contributed by atoms with E-state index in [-0.39, 0.29) is 5.91 Å². The molecule has 0 radical (unpaired) electrons. The number of amides is 1. The van der Waals surface area contributed by atoms with Crippen LogP contribution in [0.1, 0.15) is 30.3 Å². The minimum atomic E-state index is -0.216. The van der Waals surface area contributed by atoms with Crippen LogP contribution in [-0.2, 0) is 0 Å². The highest BCUT2D eigenvalue weighted by Gasteiger charge is 2.18. The molecule has 6 nitrogen and oxygen atoms in total. The smallest absolute Gasteiger partial charge is 0.274 e. The fraction of sp³-hybridized carbons (Fsp3) is 0.421. The Labute approximate surface area is 148 Å². The summed E-state index contributed by atoms with van der Waals surface area (Å²) in [5.74, 6) is 1.37. The number of aromatic nitrogens is 2. The number of nitrogens with one attached hydrogen (secondary N) is 1. The summed E-state index contributed by atoms with van der Waals surface area (Å²) in [5, 5.41) is 2.90. The molecule has 1 amide bonds. The van der Waals surface area contributed by atoms with E-state index in [2.05, 4.69) is 27.1 Å². The Kier molecular flexibility index (Phi) is 5.16. The summed E-state index contributed by atoms with van der Waals surface area (Å²) in [7, 11) is 3.97. The molecule has 1 aromatic heterocycles. The fourth-order valence-corrected chi connectivity index (χ4v) is 2.92. The van der Waals surface area contributed by atoms with Crippen LogP contribution in [0.15, 0.2) is 36.7 Å². The molecule has 2 aromatic rings. The summed E-state index contributed by atoms with van der Waals surface area (Å²) >= 11 is 0. The van der Waals surface area contributed by atoms with Crippen molar-refractivity contribution in [1.29, 1.82) is 0 Å². The average Bonchev–Trinajstić information content (AvgIpc) is 2.63. The van der Waals surface area contributed by atoms with Crippen molar-refractivity contribution in [3.8, 4) is 0 Å². The van der Waals surface area contributed by atoms with Crippen molar-refractivity contribution in [1.82, 2.24) is 9.97 Å². The van der Waals surface area contributed by atoms with Crippen LogP contribution >= 0.6 is 0 Å². The van der Waals surface area contributed by atoms with Crippen molar-refractivity contribution in [2.75, 3.05) is 42.3 Å². The zero-order chi connectivity index (χ0) is 17.8. The van der Waals surface area contributed by atoms with Gasteiger partial charge in [-0.05, 0) is 43.0 Å². The Hall–Kier alpha value is -2.63. The van der Waals surface area contributed by atoms with Gasteiger partial charge in [-0.1, -0.05) is 6.92 Å². The van der Waals surface area contributed by atoms with Gasteiger partial charge in [0.15, 0.2) is 0 Å². The van der Waals surface area contributed by atoms with E-state index in [4.69, 9.17) is 0 Å². The summed E-state index contributed by atoms with van der Waals surface area (Å²) in [6, 6.07) is 9.49. The van der Waals surface area contributed by atoms with Gasteiger partial charge in [0, 0.05) is 44.6 Å². The molecule has 0 spiro atoms. The third-order valence-corrected chi connectivity index (χ3v) is 4.63. The Bertz CT molecular complexity index is 721. The van der Waals surface area contributed by atoms with E-state index < -0.39 is 0 Å². The van der Waals surface area contributed by atoms with E-state index in [1.54, 1.807) is 6.07 Å². The topological polar surface area (TPSA) is 61.4 Å². The largest absolute Gasteiger partial charge is 0.378 e. The Morgan fingerprint density at radius 1 is 1.16 bits per heavy atom. The van der Waals surface area contributed by atoms with Crippen LogP contribution in [0.5, 0.6) is 0 Å². The number of piperidine rings is 1. The van der Waals surface area contributed by atoms with Crippen molar-refractivity contribution >= 4 is 23.1 Å². The zero-order valence-electron chi connectivity index (χ0n) is 15.1. The monoisotopic (exact) mass is 339 g/mol. The van der Waals surface area contributed by atoms with E-state index in [9.17, 15) is 4.79 Å². The zero-order valence-corrected chi connectivity index (χ0v) is 15.1. The van der Waals surface area contributed by atoms with Gasteiger partial charge in [-0.3, -0.25) is 4.79 Å². The maximum Gasteiger partial charge on any atom is 0.274 e. The number of hydrogen-bond acceptors (Lipinski definition) is 5. The number of anilines is 3. The molecule has 1 saturated heterocycles. The number of nitrogens with zero attached hydrogens (tertiary/aromatic N) is 4. The molecule has 0 bridgehead atoms. The van der Waals surface area contributed by atoms with Gasteiger partial charge in [0.25, 0.3) is 5.91 Å². The lowest BCUT2D eigenvalue weighted by molar-refractivity contribution is 0.102. The van der Waals surface area contributed by atoms with Gasteiger partial charge in [0.2, 0.25) is 0 Å². The van der Waals surface area contributed by atoms with Gasteiger partial charge >= 0.3 is 0 Å².